The Hall–Kier alpha value is -1.06. The van der Waals surface area contributed by atoms with Gasteiger partial charge in [0.1, 0.15) is 4.90 Å². The number of halogens is 2. The van der Waals surface area contributed by atoms with Crippen molar-refractivity contribution in [2.45, 2.75) is 25.2 Å². The fourth-order valence-corrected chi connectivity index (χ4v) is 3.70. The highest BCUT2D eigenvalue weighted by atomic mass is 32.2. The van der Waals surface area contributed by atoms with Gasteiger partial charge >= 0.3 is 0 Å². The Bertz CT molecular complexity index is 542. The summed E-state index contributed by atoms with van der Waals surface area (Å²) in [4.78, 5) is -0.0240. The zero-order chi connectivity index (χ0) is 14.8. The molecule has 0 amide bonds. The zero-order valence-corrected chi connectivity index (χ0v) is 11.9. The molecule has 1 rings (SSSR count). The molecule has 1 aromatic heterocycles. The molecule has 0 aliphatic heterocycles. The molecule has 0 fully saturated rings. The maximum absolute atomic E-state index is 12.5. The fraction of sp³-hybridized carbons (Fsp3) is 0.700. The fourth-order valence-electron chi connectivity index (χ4n) is 1.86. The number of aromatic nitrogens is 2. The number of sulfonamides is 1. The van der Waals surface area contributed by atoms with E-state index in [4.69, 9.17) is 5.73 Å². The topological polar surface area (TPSA) is 81.2 Å². The van der Waals surface area contributed by atoms with Crippen LogP contribution in [0.15, 0.2) is 4.90 Å². The van der Waals surface area contributed by atoms with Crippen molar-refractivity contribution in [3.8, 4) is 0 Å². The second kappa shape index (κ2) is 5.93. The lowest BCUT2D eigenvalue weighted by molar-refractivity contribution is 0.120. The standard InChI is InChI=1S/C10H18F2N4O2S/c1-7-10(8(2)15(3)14-7)19(17,18)16(5-4-13)6-9(11)12/h9H,4-6,13H2,1-3H3. The van der Waals surface area contributed by atoms with Gasteiger partial charge in [-0.1, -0.05) is 0 Å². The van der Waals surface area contributed by atoms with E-state index in [1.165, 1.54) is 11.6 Å². The summed E-state index contributed by atoms with van der Waals surface area (Å²) in [7, 11) is -2.41. The lowest BCUT2D eigenvalue weighted by Gasteiger charge is -2.21. The van der Waals surface area contributed by atoms with Crippen LogP contribution < -0.4 is 5.73 Å². The summed E-state index contributed by atoms with van der Waals surface area (Å²) in [5.41, 5.74) is 5.99. The number of aryl methyl sites for hydroxylation is 2. The first kappa shape index (κ1) is 16.0. The molecule has 9 heteroatoms. The van der Waals surface area contributed by atoms with E-state index in [0.29, 0.717) is 10.00 Å². The SMILES string of the molecule is Cc1nn(C)c(C)c1S(=O)(=O)N(CCN)CC(F)F. The Balaban J connectivity index is 3.26. The van der Waals surface area contributed by atoms with Crippen LogP contribution in [0.1, 0.15) is 11.4 Å². The molecule has 0 radical (unpaired) electrons. The van der Waals surface area contributed by atoms with Crippen molar-refractivity contribution in [1.29, 1.82) is 0 Å². The summed E-state index contributed by atoms with van der Waals surface area (Å²) < 4.78 is 51.9. The predicted octanol–water partition coefficient (Wildman–Crippen LogP) is 0.251. The van der Waals surface area contributed by atoms with E-state index in [2.05, 4.69) is 5.10 Å². The summed E-state index contributed by atoms with van der Waals surface area (Å²) in [6.07, 6.45) is -2.75. The molecule has 0 spiro atoms. The lowest BCUT2D eigenvalue weighted by Crippen LogP contribution is -2.39. The molecule has 0 aromatic carbocycles. The van der Waals surface area contributed by atoms with Gasteiger partial charge in [0.2, 0.25) is 10.0 Å². The number of hydrogen-bond donors (Lipinski definition) is 1. The van der Waals surface area contributed by atoms with Gasteiger partial charge in [-0.25, -0.2) is 17.2 Å². The highest BCUT2D eigenvalue weighted by Gasteiger charge is 2.31. The Kier molecular flexibility index (Phi) is 4.99. The van der Waals surface area contributed by atoms with Crippen LogP contribution in [0, 0.1) is 13.8 Å². The van der Waals surface area contributed by atoms with Crippen LogP contribution in [-0.2, 0) is 17.1 Å². The first-order valence-corrected chi connectivity index (χ1v) is 7.14. The van der Waals surface area contributed by atoms with Crippen molar-refractivity contribution in [3.05, 3.63) is 11.4 Å². The van der Waals surface area contributed by atoms with Gasteiger partial charge < -0.3 is 5.73 Å². The average molecular weight is 296 g/mol. The van der Waals surface area contributed by atoms with Crippen molar-refractivity contribution >= 4 is 10.0 Å². The smallest absolute Gasteiger partial charge is 0.252 e. The molecule has 0 unspecified atom stereocenters. The molecule has 19 heavy (non-hydrogen) atoms. The minimum atomic E-state index is -4.01. The van der Waals surface area contributed by atoms with Gasteiger partial charge in [0.25, 0.3) is 6.43 Å². The van der Waals surface area contributed by atoms with Gasteiger partial charge in [0.15, 0.2) is 0 Å². The molecule has 2 N–H and O–H groups in total. The van der Waals surface area contributed by atoms with Gasteiger partial charge in [-0.3, -0.25) is 4.68 Å². The Morgan fingerprint density at radius 2 is 2.00 bits per heavy atom. The molecule has 0 aliphatic rings. The van der Waals surface area contributed by atoms with Gasteiger partial charge in [-0.15, -0.1) is 0 Å². The quantitative estimate of drug-likeness (QED) is 0.816. The Morgan fingerprint density at radius 1 is 1.42 bits per heavy atom. The first-order valence-electron chi connectivity index (χ1n) is 5.70. The van der Waals surface area contributed by atoms with E-state index >= 15 is 0 Å². The number of nitrogens with zero attached hydrogens (tertiary/aromatic N) is 3. The normalized spacial score (nSPS) is 12.6. The van der Waals surface area contributed by atoms with Crippen LogP contribution in [0.3, 0.4) is 0 Å². The molecule has 1 heterocycles. The molecular weight excluding hydrogens is 278 g/mol. The van der Waals surface area contributed by atoms with Crippen molar-refractivity contribution < 1.29 is 17.2 Å². The molecule has 0 saturated carbocycles. The van der Waals surface area contributed by atoms with Gasteiger partial charge in [-0.05, 0) is 13.8 Å². The van der Waals surface area contributed by atoms with Gasteiger partial charge in [-0.2, -0.15) is 9.40 Å². The van der Waals surface area contributed by atoms with Crippen molar-refractivity contribution in [1.82, 2.24) is 14.1 Å². The Morgan fingerprint density at radius 3 is 2.37 bits per heavy atom. The van der Waals surface area contributed by atoms with Crippen LogP contribution in [0.5, 0.6) is 0 Å². The number of alkyl halides is 2. The van der Waals surface area contributed by atoms with Crippen molar-refractivity contribution in [2.75, 3.05) is 19.6 Å². The number of rotatable bonds is 6. The molecular formula is C10H18F2N4O2S. The minimum Gasteiger partial charge on any atom is -0.329 e. The first-order chi connectivity index (χ1) is 8.71. The van der Waals surface area contributed by atoms with Gasteiger partial charge in [0.05, 0.1) is 17.9 Å². The van der Waals surface area contributed by atoms with Crippen LogP contribution >= 0.6 is 0 Å². The third-order valence-electron chi connectivity index (χ3n) is 2.76. The average Bonchev–Trinajstić information content (AvgIpc) is 2.52. The van der Waals surface area contributed by atoms with Crippen LogP contribution in [0.25, 0.3) is 0 Å². The van der Waals surface area contributed by atoms with Crippen molar-refractivity contribution in [3.63, 3.8) is 0 Å². The predicted molar refractivity (Wildman–Crippen MR) is 66.5 cm³/mol. The van der Waals surface area contributed by atoms with Crippen LogP contribution in [-0.4, -0.2) is 48.6 Å². The third-order valence-corrected chi connectivity index (χ3v) is 4.88. The Labute approximate surface area is 111 Å². The van der Waals surface area contributed by atoms with E-state index in [9.17, 15) is 17.2 Å². The maximum atomic E-state index is 12.5. The van der Waals surface area contributed by atoms with Crippen LogP contribution in [0.2, 0.25) is 0 Å². The molecule has 6 nitrogen and oxygen atoms in total. The van der Waals surface area contributed by atoms with E-state index in [1.54, 1.807) is 14.0 Å². The highest BCUT2D eigenvalue weighted by molar-refractivity contribution is 7.89. The third kappa shape index (κ3) is 3.28. The van der Waals surface area contributed by atoms with Gasteiger partial charge in [0, 0.05) is 20.1 Å². The summed E-state index contributed by atoms with van der Waals surface area (Å²) in [6.45, 7) is 2.07. The zero-order valence-electron chi connectivity index (χ0n) is 11.1. The molecule has 0 aliphatic carbocycles. The molecule has 0 bridgehead atoms. The minimum absolute atomic E-state index is 0.0235. The number of nitrogens with two attached hydrogens (primary N) is 1. The summed E-state index contributed by atoms with van der Waals surface area (Å²) in [6, 6.07) is 0. The highest BCUT2D eigenvalue weighted by Crippen LogP contribution is 2.23. The lowest BCUT2D eigenvalue weighted by atomic mass is 10.4. The monoisotopic (exact) mass is 296 g/mol. The van der Waals surface area contributed by atoms with Crippen molar-refractivity contribution in [2.24, 2.45) is 12.8 Å². The maximum Gasteiger partial charge on any atom is 0.252 e. The summed E-state index contributed by atoms with van der Waals surface area (Å²) in [5.74, 6) is 0. The van der Waals surface area contributed by atoms with E-state index < -0.39 is 23.0 Å². The van der Waals surface area contributed by atoms with E-state index in [1.807, 2.05) is 0 Å². The summed E-state index contributed by atoms with van der Waals surface area (Å²) in [5, 5.41) is 3.99. The number of hydrogen-bond acceptors (Lipinski definition) is 4. The molecule has 0 atom stereocenters. The largest absolute Gasteiger partial charge is 0.329 e. The molecule has 1 aromatic rings. The van der Waals surface area contributed by atoms with Crippen LogP contribution in [0.4, 0.5) is 8.78 Å². The summed E-state index contributed by atoms with van der Waals surface area (Å²) >= 11 is 0. The molecule has 110 valence electrons. The second-order valence-electron chi connectivity index (χ2n) is 4.17. The molecule has 0 saturated heterocycles. The van der Waals surface area contributed by atoms with E-state index in [0.717, 1.165) is 0 Å². The van der Waals surface area contributed by atoms with E-state index in [-0.39, 0.29) is 23.7 Å². The second-order valence-corrected chi connectivity index (χ2v) is 6.04.